The monoisotopic (exact) mass is 837 g/mol. The summed E-state index contributed by atoms with van der Waals surface area (Å²) in [6.45, 7) is -0.968. The van der Waals surface area contributed by atoms with E-state index in [1.54, 1.807) is 23.1 Å². The molecule has 1 spiro atoms. The zero-order valence-electron chi connectivity index (χ0n) is 32.7. The van der Waals surface area contributed by atoms with Crippen molar-refractivity contribution in [3.8, 4) is 11.5 Å². The molecule has 9 rings (SSSR count). The van der Waals surface area contributed by atoms with Crippen LogP contribution in [0.2, 0.25) is 0 Å². The van der Waals surface area contributed by atoms with Gasteiger partial charge >= 0.3 is 5.91 Å². The fraction of sp³-hybridized carbons (Fsp3) is 0.419. The second-order valence-corrected chi connectivity index (χ2v) is 15.9. The Balaban J connectivity index is 1.29. The molecule has 2 fully saturated rings. The van der Waals surface area contributed by atoms with Crippen molar-refractivity contribution in [2.45, 2.75) is 93.5 Å². The van der Waals surface area contributed by atoms with Crippen molar-refractivity contribution in [3.05, 3.63) is 87.5 Å². The highest BCUT2D eigenvalue weighted by Crippen LogP contribution is 2.51. The normalized spacial score (nSPS) is 27.1. The third-order valence-electron chi connectivity index (χ3n) is 12.3. The van der Waals surface area contributed by atoms with E-state index in [4.69, 9.17) is 24.7 Å². The Morgan fingerprint density at radius 3 is 2.51 bits per heavy atom. The van der Waals surface area contributed by atoms with Crippen LogP contribution < -0.4 is 20.1 Å². The minimum atomic E-state index is -1.85. The van der Waals surface area contributed by atoms with Crippen molar-refractivity contribution in [2.75, 3.05) is 24.8 Å². The average molecular weight is 838 g/mol. The van der Waals surface area contributed by atoms with E-state index < -0.39 is 79.0 Å². The molecule has 3 aromatic rings. The lowest BCUT2D eigenvalue weighted by Crippen LogP contribution is -2.65. The number of aliphatic hydroxyl groups is 5. The van der Waals surface area contributed by atoms with E-state index in [2.05, 4.69) is 15.0 Å². The Morgan fingerprint density at radius 2 is 1.74 bits per heavy atom. The number of para-hydroxylation sites is 1. The number of ether oxygens (including phenoxy) is 4. The number of aliphatic hydroxyl groups excluding tert-OH is 5. The highest BCUT2D eigenvalue weighted by atomic mass is 16.7. The number of carbonyl (C=O) groups is 4. The summed E-state index contributed by atoms with van der Waals surface area (Å²) in [6.07, 6.45) is -6.77. The molecule has 2 aliphatic carbocycles. The molecule has 7 unspecified atom stereocenters. The van der Waals surface area contributed by atoms with Gasteiger partial charge in [-0.3, -0.25) is 19.4 Å². The summed E-state index contributed by atoms with van der Waals surface area (Å²) in [5, 5.41) is 55.1. The van der Waals surface area contributed by atoms with Crippen LogP contribution in [0.25, 0.3) is 0 Å². The summed E-state index contributed by atoms with van der Waals surface area (Å²) < 4.78 is 26.1. The minimum absolute atomic E-state index is 0.0166. The van der Waals surface area contributed by atoms with E-state index in [1.807, 2.05) is 6.07 Å². The number of anilines is 1. The van der Waals surface area contributed by atoms with E-state index in [0.717, 1.165) is 12.8 Å². The predicted molar refractivity (Wildman–Crippen MR) is 214 cm³/mol. The summed E-state index contributed by atoms with van der Waals surface area (Å²) in [5.74, 6) is -3.31. The highest BCUT2D eigenvalue weighted by molar-refractivity contribution is 6.72. The van der Waals surface area contributed by atoms with Crippen LogP contribution in [-0.2, 0) is 25.7 Å². The molecule has 4 heterocycles. The first kappa shape index (κ1) is 40.7. The Kier molecular flexibility index (Phi) is 10.6. The number of hydrogen-bond donors (Lipinski definition) is 6. The lowest BCUT2D eigenvalue weighted by Gasteiger charge is -2.47. The molecule has 18 nitrogen and oxygen atoms in total. The van der Waals surface area contributed by atoms with Crippen LogP contribution in [0.4, 0.5) is 5.69 Å². The Bertz CT molecular complexity index is 2430. The number of nitrogens with zero attached hydrogens (tertiary/aromatic N) is 4. The first-order valence-electron chi connectivity index (χ1n) is 20.1. The standard InChI is InChI=1S/C43H43N5O13/c44-42-46-39-30(40(57)47-42)45-19-48(39)28-6-2-1-5-23(28)22-10-14-59-43(11-3-4-12-43)38-34(55)33(54)35(56)41(61-38)60-36-26(22)16-27-29(37(36)58-18-21(51)9-13-49)32(53)25-15-20(17-50)7-8-24(25)31(27)52/h1-2,5-8,13,15-16,21-22,33-35,38,41,50-51,54-56H,3-4,9-12,14,17-19H2,(H2,44,47,57). The van der Waals surface area contributed by atoms with Gasteiger partial charge in [0.15, 0.2) is 34.6 Å². The van der Waals surface area contributed by atoms with Crippen molar-refractivity contribution >= 4 is 47.0 Å². The van der Waals surface area contributed by atoms with Crippen LogP contribution in [0.1, 0.15) is 93.0 Å². The van der Waals surface area contributed by atoms with Gasteiger partial charge in [0, 0.05) is 46.9 Å². The number of aldehydes is 1. The number of amides is 1. The summed E-state index contributed by atoms with van der Waals surface area (Å²) in [7, 11) is 0. The van der Waals surface area contributed by atoms with Gasteiger partial charge in [-0.15, -0.1) is 0 Å². The second-order valence-electron chi connectivity index (χ2n) is 15.9. The second kappa shape index (κ2) is 15.9. The number of carbonyl (C=O) groups excluding carboxylic acids is 4. The molecule has 1 saturated carbocycles. The lowest BCUT2D eigenvalue weighted by molar-refractivity contribution is -0.309. The molecule has 6 aliphatic rings. The van der Waals surface area contributed by atoms with Crippen LogP contribution in [0.3, 0.4) is 0 Å². The number of aliphatic imine (C=N–C) groups is 3. The van der Waals surface area contributed by atoms with Crippen LogP contribution in [0.15, 0.2) is 63.5 Å². The number of rotatable bonds is 8. The zero-order chi connectivity index (χ0) is 42.7. The van der Waals surface area contributed by atoms with Crippen LogP contribution >= 0.6 is 0 Å². The minimum Gasteiger partial charge on any atom is -0.486 e. The van der Waals surface area contributed by atoms with Gasteiger partial charge in [0.2, 0.25) is 12.2 Å². The van der Waals surface area contributed by atoms with E-state index in [0.29, 0.717) is 35.9 Å². The molecule has 4 aliphatic heterocycles. The predicted octanol–water partition coefficient (Wildman–Crippen LogP) is 0.806. The number of hydrogen-bond acceptors (Lipinski definition) is 17. The van der Waals surface area contributed by atoms with Gasteiger partial charge in [-0.2, -0.15) is 9.98 Å². The van der Waals surface area contributed by atoms with Crippen molar-refractivity contribution < 1.29 is 63.7 Å². The summed E-state index contributed by atoms with van der Waals surface area (Å²) in [4.78, 5) is 67.8. The number of fused-ring (bicyclic) bond motifs is 7. The SMILES string of the molecule is NC1=NC(=O)C2=NCN(c3ccccc3C3CCOC4(CCCC4)C4OC(Oc5c3cc3c(c5OCC(O)CC=O)C(=O)c5cc(CO)ccc5C3=O)C(O)C(O)C4O)C2=N1. The Hall–Kier alpha value is -5.73. The van der Waals surface area contributed by atoms with E-state index >= 15 is 0 Å². The van der Waals surface area contributed by atoms with Gasteiger partial charge < -0.3 is 59.9 Å². The van der Waals surface area contributed by atoms with E-state index in [1.165, 1.54) is 24.3 Å². The van der Waals surface area contributed by atoms with Crippen LogP contribution in [-0.4, -0.2) is 129 Å². The zero-order valence-corrected chi connectivity index (χ0v) is 32.7. The van der Waals surface area contributed by atoms with Crippen LogP contribution in [0, 0.1) is 0 Å². The third-order valence-corrected chi connectivity index (χ3v) is 12.3. The molecular weight excluding hydrogens is 794 g/mol. The maximum atomic E-state index is 14.7. The molecular formula is C43H43N5O13. The van der Waals surface area contributed by atoms with Gasteiger partial charge in [0.1, 0.15) is 44.0 Å². The smallest absolute Gasteiger partial charge is 0.302 e. The summed E-state index contributed by atoms with van der Waals surface area (Å²) in [6, 6.07) is 13.1. The van der Waals surface area contributed by atoms with Gasteiger partial charge in [-0.1, -0.05) is 37.1 Å². The molecule has 0 aromatic heterocycles. The average Bonchev–Trinajstić information content (AvgIpc) is 3.91. The van der Waals surface area contributed by atoms with E-state index in [9.17, 15) is 44.7 Å². The molecule has 1 saturated heterocycles. The summed E-state index contributed by atoms with van der Waals surface area (Å²) >= 11 is 0. The van der Waals surface area contributed by atoms with Crippen molar-refractivity contribution in [1.82, 2.24) is 0 Å². The topological polar surface area (TPSA) is 273 Å². The molecule has 0 radical (unpaired) electrons. The van der Waals surface area contributed by atoms with Crippen molar-refractivity contribution in [3.63, 3.8) is 0 Å². The first-order valence-corrected chi connectivity index (χ1v) is 20.1. The Morgan fingerprint density at radius 1 is 0.951 bits per heavy atom. The number of nitrogens with two attached hydrogens (primary N) is 1. The van der Waals surface area contributed by atoms with Gasteiger partial charge in [0.25, 0.3) is 0 Å². The summed E-state index contributed by atoms with van der Waals surface area (Å²) in [5.41, 5.74) is 6.26. The molecule has 7 atom stereocenters. The van der Waals surface area contributed by atoms with Gasteiger partial charge in [0.05, 0.1) is 23.9 Å². The molecule has 7 N–H and O–H groups in total. The molecule has 318 valence electrons. The molecule has 1 amide bonds. The van der Waals surface area contributed by atoms with Gasteiger partial charge in [-0.25, -0.2) is 0 Å². The Labute approximate surface area is 347 Å². The molecule has 18 heteroatoms. The van der Waals surface area contributed by atoms with Crippen molar-refractivity contribution in [2.24, 2.45) is 20.7 Å². The maximum Gasteiger partial charge on any atom is 0.302 e. The first-order chi connectivity index (χ1) is 29.4. The fourth-order valence-corrected chi connectivity index (χ4v) is 9.33. The van der Waals surface area contributed by atoms with Gasteiger partial charge in [-0.05, 0) is 54.7 Å². The number of amidine groups is 1. The van der Waals surface area contributed by atoms with Crippen molar-refractivity contribution in [1.29, 1.82) is 0 Å². The number of guanidine groups is 1. The lowest BCUT2D eigenvalue weighted by atomic mass is 9.78. The number of ketones is 2. The molecule has 3 aromatic carbocycles. The van der Waals surface area contributed by atoms with Crippen LogP contribution in [0.5, 0.6) is 11.5 Å². The molecule has 61 heavy (non-hydrogen) atoms. The molecule has 2 bridgehead atoms. The third kappa shape index (κ3) is 6.84. The van der Waals surface area contributed by atoms with E-state index in [-0.39, 0.29) is 82.9 Å². The fourth-order valence-electron chi connectivity index (χ4n) is 9.33. The largest absolute Gasteiger partial charge is 0.486 e. The highest BCUT2D eigenvalue weighted by Gasteiger charge is 2.56. The number of benzene rings is 3. The maximum absolute atomic E-state index is 14.7. The quantitative estimate of drug-likeness (QED) is 0.134.